The first-order chi connectivity index (χ1) is 9.60. The van der Waals surface area contributed by atoms with Crippen LogP contribution in [0.2, 0.25) is 0 Å². The van der Waals surface area contributed by atoms with E-state index in [0.29, 0.717) is 5.88 Å². The normalized spacial score (nSPS) is 10.6. The van der Waals surface area contributed by atoms with Gasteiger partial charge in [0, 0.05) is 27.3 Å². The minimum absolute atomic E-state index is 0.635. The molecule has 20 heavy (non-hydrogen) atoms. The summed E-state index contributed by atoms with van der Waals surface area (Å²) in [5, 5.41) is 3.29. The van der Waals surface area contributed by atoms with Crippen LogP contribution in [0, 0.1) is 6.92 Å². The fourth-order valence-corrected chi connectivity index (χ4v) is 2.45. The van der Waals surface area contributed by atoms with Gasteiger partial charge >= 0.3 is 0 Å². The fraction of sp³-hybridized carbons (Fsp3) is 0.267. The summed E-state index contributed by atoms with van der Waals surface area (Å²) >= 11 is 6.91. The zero-order valence-electron chi connectivity index (χ0n) is 11.4. The van der Waals surface area contributed by atoms with Gasteiger partial charge in [0.1, 0.15) is 5.75 Å². The zero-order valence-corrected chi connectivity index (χ0v) is 14.6. The van der Waals surface area contributed by atoms with Crippen molar-refractivity contribution in [2.75, 3.05) is 6.54 Å². The molecule has 0 amide bonds. The van der Waals surface area contributed by atoms with Crippen molar-refractivity contribution in [3.63, 3.8) is 0 Å². The lowest BCUT2D eigenvalue weighted by Gasteiger charge is -2.12. The van der Waals surface area contributed by atoms with E-state index in [1.165, 1.54) is 0 Å². The van der Waals surface area contributed by atoms with Crippen LogP contribution in [0.15, 0.2) is 39.4 Å². The maximum Gasteiger partial charge on any atom is 0.223 e. The predicted molar refractivity (Wildman–Crippen MR) is 88.3 cm³/mol. The van der Waals surface area contributed by atoms with Crippen molar-refractivity contribution >= 4 is 31.9 Å². The molecular formula is C15H16Br2N2O. The molecule has 2 rings (SSSR count). The molecule has 106 valence electrons. The first-order valence-electron chi connectivity index (χ1n) is 6.39. The molecule has 0 spiro atoms. The summed E-state index contributed by atoms with van der Waals surface area (Å²) < 4.78 is 7.91. The van der Waals surface area contributed by atoms with Gasteiger partial charge in [-0.2, -0.15) is 0 Å². The molecule has 0 aliphatic carbocycles. The van der Waals surface area contributed by atoms with Crippen molar-refractivity contribution in [3.8, 4) is 11.6 Å². The van der Waals surface area contributed by atoms with Gasteiger partial charge in [-0.1, -0.05) is 28.9 Å². The van der Waals surface area contributed by atoms with Crippen LogP contribution in [-0.2, 0) is 6.54 Å². The number of aromatic nitrogens is 1. The molecule has 1 heterocycles. The number of rotatable bonds is 5. The Hall–Kier alpha value is -0.910. The van der Waals surface area contributed by atoms with Crippen LogP contribution >= 0.6 is 31.9 Å². The molecule has 0 aliphatic heterocycles. The van der Waals surface area contributed by atoms with E-state index >= 15 is 0 Å². The van der Waals surface area contributed by atoms with E-state index in [-0.39, 0.29) is 0 Å². The van der Waals surface area contributed by atoms with Crippen LogP contribution in [0.3, 0.4) is 0 Å². The average molecular weight is 400 g/mol. The number of hydrogen-bond donors (Lipinski definition) is 1. The van der Waals surface area contributed by atoms with E-state index < -0.39 is 0 Å². The molecule has 1 aromatic carbocycles. The van der Waals surface area contributed by atoms with Gasteiger partial charge in [-0.25, -0.2) is 4.98 Å². The Kier molecular flexibility index (Phi) is 5.57. The van der Waals surface area contributed by atoms with E-state index in [4.69, 9.17) is 4.74 Å². The summed E-state index contributed by atoms with van der Waals surface area (Å²) in [7, 11) is 0. The highest BCUT2D eigenvalue weighted by molar-refractivity contribution is 9.10. The first-order valence-corrected chi connectivity index (χ1v) is 7.98. The Morgan fingerprint density at radius 1 is 1.20 bits per heavy atom. The number of pyridine rings is 1. The summed E-state index contributed by atoms with van der Waals surface area (Å²) in [5.41, 5.74) is 2.10. The Bertz CT molecular complexity index is 602. The number of ether oxygens (including phenoxy) is 1. The number of halogens is 2. The van der Waals surface area contributed by atoms with Gasteiger partial charge in [-0.3, -0.25) is 0 Å². The number of benzene rings is 1. The topological polar surface area (TPSA) is 34.2 Å². The molecule has 3 nitrogen and oxygen atoms in total. The molecule has 0 aliphatic rings. The largest absolute Gasteiger partial charge is 0.438 e. The summed E-state index contributed by atoms with van der Waals surface area (Å²) in [6.07, 6.45) is 1.75. The fourth-order valence-electron chi connectivity index (χ4n) is 1.73. The molecule has 1 aromatic heterocycles. The highest BCUT2D eigenvalue weighted by Crippen LogP contribution is 2.30. The maximum atomic E-state index is 5.97. The summed E-state index contributed by atoms with van der Waals surface area (Å²) in [6.45, 7) is 5.72. The van der Waals surface area contributed by atoms with Gasteiger partial charge in [0.2, 0.25) is 5.88 Å². The van der Waals surface area contributed by atoms with Gasteiger partial charge < -0.3 is 10.1 Å². The van der Waals surface area contributed by atoms with E-state index in [2.05, 4.69) is 49.1 Å². The second-order valence-electron chi connectivity index (χ2n) is 4.41. The van der Waals surface area contributed by atoms with E-state index in [9.17, 15) is 0 Å². The van der Waals surface area contributed by atoms with Crippen molar-refractivity contribution in [1.82, 2.24) is 10.3 Å². The number of aryl methyl sites for hydroxylation is 1. The third-order valence-corrected chi connectivity index (χ3v) is 3.74. The first kappa shape index (κ1) is 15.5. The molecule has 1 N–H and O–H groups in total. The van der Waals surface area contributed by atoms with Crippen LogP contribution < -0.4 is 10.1 Å². The van der Waals surface area contributed by atoms with Gasteiger partial charge in [-0.05, 0) is 53.2 Å². The molecule has 0 radical (unpaired) electrons. The molecule has 0 bridgehead atoms. The molecule has 0 saturated carbocycles. The van der Waals surface area contributed by atoms with Crippen LogP contribution in [0.5, 0.6) is 11.6 Å². The Balaban J connectivity index is 2.30. The Morgan fingerprint density at radius 3 is 2.75 bits per heavy atom. The Labute approximate surface area is 136 Å². The highest BCUT2D eigenvalue weighted by Gasteiger charge is 2.09. The molecule has 5 heteroatoms. The average Bonchev–Trinajstić information content (AvgIpc) is 2.43. The van der Waals surface area contributed by atoms with Crippen LogP contribution in [0.1, 0.15) is 18.1 Å². The van der Waals surface area contributed by atoms with Gasteiger partial charge in [0.15, 0.2) is 0 Å². The van der Waals surface area contributed by atoms with Crippen molar-refractivity contribution in [1.29, 1.82) is 0 Å². The zero-order chi connectivity index (χ0) is 14.5. The van der Waals surface area contributed by atoms with Gasteiger partial charge in [-0.15, -0.1) is 0 Å². The lowest BCUT2D eigenvalue weighted by Crippen LogP contribution is -2.13. The number of hydrogen-bond acceptors (Lipinski definition) is 3. The quantitative estimate of drug-likeness (QED) is 0.782. The lowest BCUT2D eigenvalue weighted by atomic mass is 10.2. The summed E-state index contributed by atoms with van der Waals surface area (Å²) in [5.74, 6) is 1.45. The van der Waals surface area contributed by atoms with E-state index in [1.807, 2.05) is 31.2 Å². The second kappa shape index (κ2) is 7.20. The smallest absolute Gasteiger partial charge is 0.223 e. The van der Waals surface area contributed by atoms with Crippen LogP contribution in [0.25, 0.3) is 0 Å². The van der Waals surface area contributed by atoms with Crippen LogP contribution in [-0.4, -0.2) is 11.5 Å². The SMILES string of the molecule is CCNCc1cc(Br)cnc1Oc1cc(Br)ccc1C. The summed E-state index contributed by atoms with van der Waals surface area (Å²) in [4.78, 5) is 4.37. The second-order valence-corrected chi connectivity index (χ2v) is 6.24. The van der Waals surface area contributed by atoms with Crippen molar-refractivity contribution in [3.05, 3.63) is 50.5 Å². The Morgan fingerprint density at radius 2 is 2.00 bits per heavy atom. The summed E-state index contributed by atoms with van der Waals surface area (Å²) in [6, 6.07) is 7.99. The minimum Gasteiger partial charge on any atom is -0.438 e. The highest BCUT2D eigenvalue weighted by atomic mass is 79.9. The van der Waals surface area contributed by atoms with Gasteiger partial charge in [0.25, 0.3) is 0 Å². The number of nitrogens with one attached hydrogen (secondary N) is 1. The molecule has 0 unspecified atom stereocenters. The predicted octanol–water partition coefficient (Wildman–Crippen LogP) is 4.82. The third kappa shape index (κ3) is 4.04. The lowest BCUT2D eigenvalue weighted by molar-refractivity contribution is 0.449. The monoisotopic (exact) mass is 398 g/mol. The molecule has 2 aromatic rings. The van der Waals surface area contributed by atoms with Crippen molar-refractivity contribution in [2.45, 2.75) is 20.4 Å². The molecular weight excluding hydrogens is 384 g/mol. The molecule has 0 fully saturated rings. The molecule has 0 atom stereocenters. The van der Waals surface area contributed by atoms with Crippen molar-refractivity contribution < 1.29 is 4.74 Å². The van der Waals surface area contributed by atoms with Gasteiger partial charge in [0.05, 0.1) is 0 Å². The third-order valence-electron chi connectivity index (χ3n) is 2.81. The standard InChI is InChI=1S/C15H16Br2N2O/c1-3-18-8-11-6-13(17)9-19-15(11)20-14-7-12(16)5-4-10(14)2/h4-7,9,18H,3,8H2,1-2H3. The number of nitrogens with zero attached hydrogens (tertiary/aromatic N) is 1. The van der Waals surface area contributed by atoms with E-state index in [0.717, 1.165) is 38.9 Å². The van der Waals surface area contributed by atoms with Crippen molar-refractivity contribution in [2.24, 2.45) is 0 Å². The molecule has 0 saturated heterocycles. The maximum absolute atomic E-state index is 5.97. The minimum atomic E-state index is 0.635. The van der Waals surface area contributed by atoms with E-state index in [1.54, 1.807) is 6.20 Å². The van der Waals surface area contributed by atoms with Crippen LogP contribution in [0.4, 0.5) is 0 Å².